The smallest absolute Gasteiger partial charge is 0.119 e. The molecular weight excluding hydrogens is 617 g/mol. The molecule has 1 aliphatic rings. The van der Waals surface area contributed by atoms with Crippen LogP contribution in [0.3, 0.4) is 0 Å². The van der Waals surface area contributed by atoms with E-state index in [-0.39, 0.29) is 11.7 Å². The second-order valence-electron chi connectivity index (χ2n) is 14.3. The lowest BCUT2D eigenvalue weighted by atomic mass is 9.67. The monoisotopic (exact) mass is 670 g/mol. The van der Waals surface area contributed by atoms with Gasteiger partial charge in [-0.1, -0.05) is 112 Å². The molecule has 5 aromatic rings. The van der Waals surface area contributed by atoms with Crippen molar-refractivity contribution >= 4 is 10.8 Å². The number of fused-ring (bicyclic) bond motifs is 4. The first kappa shape index (κ1) is 35.7. The van der Waals surface area contributed by atoms with Gasteiger partial charge in [0.05, 0.1) is 30.3 Å². The minimum Gasteiger partial charge on any atom is -0.491 e. The maximum atomic E-state index is 6.20. The summed E-state index contributed by atoms with van der Waals surface area (Å²) in [5.74, 6) is 1.70. The molecule has 1 aliphatic carbocycles. The van der Waals surface area contributed by atoms with E-state index in [4.69, 9.17) is 18.9 Å². The van der Waals surface area contributed by atoms with E-state index in [1.54, 1.807) is 0 Å². The first-order chi connectivity index (χ1) is 24.4. The summed E-state index contributed by atoms with van der Waals surface area (Å²) in [5, 5.41) is 2.48. The van der Waals surface area contributed by atoms with E-state index in [0.717, 1.165) is 24.3 Å². The molecule has 0 spiro atoms. The van der Waals surface area contributed by atoms with Gasteiger partial charge in [0.25, 0.3) is 0 Å². The van der Waals surface area contributed by atoms with Gasteiger partial charge in [0.2, 0.25) is 0 Å². The van der Waals surface area contributed by atoms with Crippen molar-refractivity contribution in [3.8, 4) is 22.6 Å². The zero-order chi connectivity index (χ0) is 35.0. The van der Waals surface area contributed by atoms with Crippen molar-refractivity contribution in [2.75, 3.05) is 26.4 Å². The Morgan fingerprint density at radius 2 is 1.18 bits per heavy atom. The lowest BCUT2D eigenvalue weighted by molar-refractivity contribution is -0.0360. The highest BCUT2D eigenvalue weighted by molar-refractivity contribution is 5.95. The van der Waals surface area contributed by atoms with Crippen LogP contribution >= 0.6 is 0 Å². The van der Waals surface area contributed by atoms with E-state index in [1.165, 1.54) is 69.8 Å². The second kappa shape index (κ2) is 16.3. The van der Waals surface area contributed by atoms with Gasteiger partial charge in [0, 0.05) is 0 Å². The van der Waals surface area contributed by atoms with Gasteiger partial charge in [0.1, 0.15) is 24.7 Å². The largest absolute Gasteiger partial charge is 0.491 e. The van der Waals surface area contributed by atoms with Crippen molar-refractivity contribution in [3.63, 3.8) is 0 Å². The van der Waals surface area contributed by atoms with Crippen molar-refractivity contribution < 1.29 is 18.9 Å². The van der Waals surface area contributed by atoms with Gasteiger partial charge in [-0.25, -0.2) is 0 Å². The second-order valence-corrected chi connectivity index (χ2v) is 14.3. The maximum Gasteiger partial charge on any atom is 0.119 e. The SMILES string of the molecule is CCCCC(C)OCCOc1ccc(C2(c3ccc(OCCOC(C)(C)CCCC)cc3)c3ccccc3-c3cc4ccccc4cc32)cc1. The van der Waals surface area contributed by atoms with E-state index in [0.29, 0.717) is 26.4 Å². The Bertz CT molecular complexity index is 1820. The van der Waals surface area contributed by atoms with Gasteiger partial charge in [-0.3, -0.25) is 0 Å². The zero-order valence-electron chi connectivity index (χ0n) is 30.7. The van der Waals surface area contributed by atoms with Crippen LogP contribution in [-0.2, 0) is 14.9 Å². The van der Waals surface area contributed by atoms with Crippen molar-refractivity contribution in [1.82, 2.24) is 0 Å². The summed E-state index contributed by atoms with van der Waals surface area (Å²) < 4.78 is 24.5. The third-order valence-corrected chi connectivity index (χ3v) is 10.2. The molecule has 0 aliphatic heterocycles. The number of hydrogen-bond donors (Lipinski definition) is 0. The minimum atomic E-state index is -0.517. The minimum absolute atomic E-state index is 0.135. The molecular formula is C46H54O4. The summed E-state index contributed by atoms with van der Waals surface area (Å²) in [4.78, 5) is 0. The first-order valence-electron chi connectivity index (χ1n) is 18.7. The highest BCUT2D eigenvalue weighted by atomic mass is 16.5. The predicted octanol–water partition coefficient (Wildman–Crippen LogP) is 11.5. The molecule has 6 rings (SSSR count). The summed E-state index contributed by atoms with van der Waals surface area (Å²) >= 11 is 0. The fourth-order valence-corrected chi connectivity index (χ4v) is 7.49. The van der Waals surface area contributed by atoms with Crippen LogP contribution in [0.1, 0.15) is 95.4 Å². The molecule has 5 aromatic carbocycles. The van der Waals surface area contributed by atoms with Crippen LogP contribution in [-0.4, -0.2) is 38.1 Å². The van der Waals surface area contributed by atoms with Crippen LogP contribution in [0, 0.1) is 0 Å². The van der Waals surface area contributed by atoms with Crippen LogP contribution in [0.2, 0.25) is 0 Å². The standard InChI is InChI=1S/C46H54O4/c1-6-8-14-34(3)47-28-29-48-39-23-19-37(20-24-39)46(38-21-25-40(26-22-38)49-30-31-50-45(4,5)27-9-7-2)43-18-13-12-17-41(43)42-32-35-15-10-11-16-36(35)33-44(42)46/h10-13,15-26,32-34H,6-9,14,27-31H2,1-5H3. The van der Waals surface area contributed by atoms with Crippen molar-refractivity contribution in [2.45, 2.75) is 90.3 Å². The van der Waals surface area contributed by atoms with Crippen molar-refractivity contribution in [2.24, 2.45) is 0 Å². The van der Waals surface area contributed by atoms with Crippen LogP contribution in [0.15, 0.2) is 109 Å². The molecule has 0 amide bonds. The van der Waals surface area contributed by atoms with Crippen LogP contribution in [0.5, 0.6) is 11.5 Å². The predicted molar refractivity (Wildman–Crippen MR) is 207 cm³/mol. The van der Waals surface area contributed by atoms with Gasteiger partial charge >= 0.3 is 0 Å². The van der Waals surface area contributed by atoms with E-state index in [9.17, 15) is 0 Å². The quantitative estimate of drug-likeness (QED) is 0.0853. The fraction of sp³-hybridized carbons (Fsp3) is 0.391. The Kier molecular flexibility index (Phi) is 11.6. The molecule has 4 heteroatoms. The van der Waals surface area contributed by atoms with Gasteiger partial charge in [0.15, 0.2) is 0 Å². The lowest BCUT2D eigenvalue weighted by Gasteiger charge is -2.34. The molecule has 0 fully saturated rings. The summed E-state index contributed by atoms with van der Waals surface area (Å²) in [6.07, 6.45) is 7.12. The van der Waals surface area contributed by atoms with E-state index >= 15 is 0 Å². The molecule has 262 valence electrons. The Morgan fingerprint density at radius 1 is 0.600 bits per heavy atom. The lowest BCUT2D eigenvalue weighted by Crippen LogP contribution is -2.28. The van der Waals surface area contributed by atoms with E-state index in [1.807, 2.05) is 0 Å². The Hall–Kier alpha value is -4.12. The number of rotatable bonds is 18. The molecule has 50 heavy (non-hydrogen) atoms. The average molecular weight is 671 g/mol. The number of ether oxygens (including phenoxy) is 4. The first-order valence-corrected chi connectivity index (χ1v) is 18.7. The molecule has 0 N–H and O–H groups in total. The molecule has 0 radical (unpaired) electrons. The molecule has 0 saturated heterocycles. The third kappa shape index (κ3) is 7.77. The summed E-state index contributed by atoms with van der Waals surface area (Å²) in [5.41, 5.74) is 6.87. The summed E-state index contributed by atoms with van der Waals surface area (Å²) in [7, 11) is 0. The van der Waals surface area contributed by atoms with Gasteiger partial charge in [-0.2, -0.15) is 0 Å². The summed E-state index contributed by atoms with van der Waals surface area (Å²) in [6, 6.07) is 39.7. The highest BCUT2D eigenvalue weighted by Gasteiger charge is 2.46. The number of benzene rings is 5. The van der Waals surface area contributed by atoms with Gasteiger partial charge in [-0.15, -0.1) is 0 Å². The highest BCUT2D eigenvalue weighted by Crippen LogP contribution is 2.57. The van der Waals surface area contributed by atoms with Crippen molar-refractivity contribution in [3.05, 3.63) is 131 Å². The van der Waals surface area contributed by atoms with Gasteiger partial charge < -0.3 is 18.9 Å². The topological polar surface area (TPSA) is 36.9 Å². The zero-order valence-corrected chi connectivity index (χ0v) is 30.7. The van der Waals surface area contributed by atoms with E-state index < -0.39 is 5.41 Å². The molecule has 4 nitrogen and oxygen atoms in total. The molecule has 0 bridgehead atoms. The Balaban J connectivity index is 1.31. The van der Waals surface area contributed by atoms with Crippen molar-refractivity contribution in [1.29, 1.82) is 0 Å². The number of hydrogen-bond acceptors (Lipinski definition) is 4. The van der Waals surface area contributed by atoms with Gasteiger partial charge in [-0.05, 0) is 114 Å². The molecule has 0 heterocycles. The molecule has 0 saturated carbocycles. The maximum absolute atomic E-state index is 6.20. The molecule has 0 aromatic heterocycles. The van der Waals surface area contributed by atoms with E-state index in [2.05, 4.69) is 144 Å². The normalized spacial score (nSPS) is 15.9. The average Bonchev–Trinajstić information content (AvgIpc) is 3.43. The Labute approximate surface area is 299 Å². The van der Waals surface area contributed by atoms with Crippen LogP contribution < -0.4 is 9.47 Å². The number of unbranched alkanes of at least 4 members (excludes halogenated alkanes) is 2. The van der Waals surface area contributed by atoms with Crippen LogP contribution in [0.4, 0.5) is 0 Å². The van der Waals surface area contributed by atoms with Crippen LogP contribution in [0.25, 0.3) is 21.9 Å². The third-order valence-electron chi connectivity index (χ3n) is 10.2. The summed E-state index contributed by atoms with van der Waals surface area (Å²) in [6.45, 7) is 13.1. The molecule has 2 atom stereocenters. The molecule has 2 unspecified atom stereocenters. The fourth-order valence-electron chi connectivity index (χ4n) is 7.49. The Morgan fingerprint density at radius 3 is 1.82 bits per heavy atom.